The highest BCUT2D eigenvalue weighted by Crippen LogP contribution is 2.36. The number of nitrogens with zero attached hydrogens (tertiary/aromatic N) is 6. The molecule has 2 aliphatic rings. The molecule has 0 amide bonds. The number of methoxy groups -OCH3 is 1. The lowest BCUT2D eigenvalue weighted by atomic mass is 9.97. The molecule has 2 aliphatic heterocycles. The van der Waals surface area contributed by atoms with Crippen LogP contribution in [0.2, 0.25) is 5.02 Å². The highest BCUT2D eigenvalue weighted by molar-refractivity contribution is 6.36. The van der Waals surface area contributed by atoms with Crippen LogP contribution in [0.1, 0.15) is 17.7 Å². The summed E-state index contributed by atoms with van der Waals surface area (Å²) in [6.07, 6.45) is 4.10. The van der Waals surface area contributed by atoms with Crippen LogP contribution in [0.3, 0.4) is 0 Å². The van der Waals surface area contributed by atoms with Crippen molar-refractivity contribution in [1.82, 2.24) is 14.9 Å². The van der Waals surface area contributed by atoms with Crippen molar-refractivity contribution in [2.75, 3.05) is 50.1 Å². The SMILES string of the molecule is COc1nc2c(c(N(C)CCC3CN(C#N)C3)n1)CCN(c1cccc3cccc(Cl)c13)C2. The van der Waals surface area contributed by atoms with E-state index in [1.54, 1.807) is 12.0 Å². The van der Waals surface area contributed by atoms with Gasteiger partial charge in [0.25, 0.3) is 0 Å². The van der Waals surface area contributed by atoms with E-state index in [1.807, 2.05) is 12.1 Å². The zero-order valence-electron chi connectivity index (χ0n) is 19.0. The van der Waals surface area contributed by atoms with Crippen molar-refractivity contribution in [3.05, 3.63) is 52.7 Å². The predicted molar refractivity (Wildman–Crippen MR) is 131 cm³/mol. The van der Waals surface area contributed by atoms with Crippen LogP contribution in [0.25, 0.3) is 10.8 Å². The van der Waals surface area contributed by atoms with E-state index in [9.17, 15) is 0 Å². The van der Waals surface area contributed by atoms with Crippen molar-refractivity contribution in [1.29, 1.82) is 5.26 Å². The van der Waals surface area contributed by atoms with Gasteiger partial charge in [0.2, 0.25) is 0 Å². The van der Waals surface area contributed by atoms with Gasteiger partial charge in [-0.25, -0.2) is 0 Å². The summed E-state index contributed by atoms with van der Waals surface area (Å²) in [5, 5.41) is 11.9. The minimum absolute atomic E-state index is 0.396. The Morgan fingerprint density at radius 3 is 2.76 bits per heavy atom. The molecule has 0 N–H and O–H groups in total. The maximum Gasteiger partial charge on any atom is 0.318 e. The molecule has 170 valence electrons. The second-order valence-corrected chi connectivity index (χ2v) is 9.23. The van der Waals surface area contributed by atoms with Crippen molar-refractivity contribution in [2.45, 2.75) is 19.4 Å². The van der Waals surface area contributed by atoms with Gasteiger partial charge in [-0.1, -0.05) is 35.9 Å². The molecule has 0 saturated carbocycles. The van der Waals surface area contributed by atoms with Crippen LogP contribution in [0, 0.1) is 17.4 Å². The van der Waals surface area contributed by atoms with Gasteiger partial charge in [-0.15, -0.1) is 0 Å². The molecule has 0 atom stereocenters. The average Bonchev–Trinajstić information content (AvgIpc) is 2.81. The zero-order valence-corrected chi connectivity index (χ0v) is 19.7. The molecule has 3 aromatic rings. The molecule has 1 aromatic heterocycles. The van der Waals surface area contributed by atoms with Gasteiger partial charge in [0, 0.05) is 49.9 Å². The number of aromatic nitrogens is 2. The van der Waals surface area contributed by atoms with Gasteiger partial charge >= 0.3 is 6.01 Å². The molecule has 3 heterocycles. The Bertz CT molecular complexity index is 1210. The maximum atomic E-state index is 8.95. The number of benzene rings is 2. The number of anilines is 2. The summed E-state index contributed by atoms with van der Waals surface area (Å²) in [4.78, 5) is 15.8. The van der Waals surface area contributed by atoms with E-state index < -0.39 is 0 Å². The summed E-state index contributed by atoms with van der Waals surface area (Å²) in [5.41, 5.74) is 3.31. The Hall–Kier alpha value is -3.24. The largest absolute Gasteiger partial charge is 0.467 e. The Labute approximate surface area is 199 Å². The number of fused-ring (bicyclic) bond motifs is 2. The topological polar surface area (TPSA) is 68.5 Å². The molecule has 33 heavy (non-hydrogen) atoms. The monoisotopic (exact) mass is 462 g/mol. The van der Waals surface area contributed by atoms with Crippen LogP contribution < -0.4 is 14.5 Å². The van der Waals surface area contributed by atoms with E-state index in [0.717, 1.165) is 72.0 Å². The molecule has 0 aliphatic carbocycles. The fraction of sp³-hybridized carbons (Fsp3) is 0.400. The molecule has 0 radical (unpaired) electrons. The van der Waals surface area contributed by atoms with Crippen molar-refractivity contribution in [2.24, 2.45) is 5.92 Å². The molecular formula is C25H27ClN6O. The third-order valence-electron chi connectivity index (χ3n) is 6.71. The predicted octanol–water partition coefficient (Wildman–Crippen LogP) is 4.09. The minimum Gasteiger partial charge on any atom is -0.467 e. The number of hydrogen-bond acceptors (Lipinski definition) is 7. The van der Waals surface area contributed by atoms with Crippen molar-refractivity contribution >= 4 is 33.9 Å². The van der Waals surface area contributed by atoms with Crippen LogP contribution in [-0.4, -0.2) is 55.2 Å². The lowest BCUT2D eigenvalue weighted by molar-refractivity contribution is 0.163. The molecule has 1 saturated heterocycles. The first-order valence-electron chi connectivity index (χ1n) is 11.3. The summed E-state index contributed by atoms with van der Waals surface area (Å²) in [6, 6.07) is 12.7. The Balaban J connectivity index is 1.40. The smallest absolute Gasteiger partial charge is 0.318 e. The van der Waals surface area contributed by atoms with E-state index in [1.165, 1.54) is 5.56 Å². The summed E-state index contributed by atoms with van der Waals surface area (Å²) in [5.74, 6) is 1.52. The Kier molecular flexibility index (Phi) is 5.86. The molecule has 0 spiro atoms. The number of ether oxygens (including phenoxy) is 1. The van der Waals surface area contributed by atoms with Gasteiger partial charge in [-0.2, -0.15) is 15.2 Å². The highest BCUT2D eigenvalue weighted by Gasteiger charge is 2.28. The number of hydrogen-bond donors (Lipinski definition) is 0. The van der Waals surface area contributed by atoms with Crippen LogP contribution >= 0.6 is 11.6 Å². The van der Waals surface area contributed by atoms with Gasteiger partial charge in [-0.3, -0.25) is 0 Å². The third kappa shape index (κ3) is 4.11. The normalized spacial score (nSPS) is 15.7. The van der Waals surface area contributed by atoms with E-state index in [2.05, 4.69) is 47.3 Å². The summed E-state index contributed by atoms with van der Waals surface area (Å²) in [6.45, 7) is 4.15. The standard InChI is InChI=1S/C25H27ClN6O/c1-30(11-9-17-13-31(14-17)16-27)24-19-10-12-32(15-21(19)28-25(29-24)33-2)22-8-4-6-18-5-3-7-20(26)23(18)22/h3-8,17H,9-15H2,1-2H3. The fourth-order valence-electron chi connectivity index (χ4n) is 4.86. The molecule has 0 bridgehead atoms. The van der Waals surface area contributed by atoms with E-state index >= 15 is 0 Å². The highest BCUT2D eigenvalue weighted by atomic mass is 35.5. The van der Waals surface area contributed by atoms with Gasteiger partial charge in [-0.05, 0) is 36.3 Å². The molecule has 2 aromatic carbocycles. The zero-order chi connectivity index (χ0) is 22.9. The first kappa shape index (κ1) is 21.6. The molecule has 7 nitrogen and oxygen atoms in total. The van der Waals surface area contributed by atoms with Crippen molar-refractivity contribution in [3.8, 4) is 12.2 Å². The molecule has 0 unspecified atom stereocenters. The van der Waals surface area contributed by atoms with Crippen LogP contribution in [0.15, 0.2) is 36.4 Å². The van der Waals surface area contributed by atoms with Gasteiger partial charge in [0.15, 0.2) is 6.19 Å². The van der Waals surface area contributed by atoms with Gasteiger partial charge < -0.3 is 19.4 Å². The second kappa shape index (κ2) is 8.95. The Morgan fingerprint density at radius 2 is 2.00 bits per heavy atom. The maximum absolute atomic E-state index is 8.95. The molecule has 1 fully saturated rings. The number of rotatable bonds is 6. The molecule has 8 heteroatoms. The lowest BCUT2D eigenvalue weighted by Crippen LogP contribution is -2.44. The van der Waals surface area contributed by atoms with Gasteiger partial charge in [0.1, 0.15) is 5.82 Å². The average molecular weight is 463 g/mol. The van der Waals surface area contributed by atoms with Gasteiger partial charge in [0.05, 0.1) is 24.4 Å². The summed E-state index contributed by atoms with van der Waals surface area (Å²) in [7, 11) is 3.70. The Morgan fingerprint density at radius 1 is 1.21 bits per heavy atom. The summed E-state index contributed by atoms with van der Waals surface area (Å²) < 4.78 is 5.46. The van der Waals surface area contributed by atoms with Crippen LogP contribution in [-0.2, 0) is 13.0 Å². The second-order valence-electron chi connectivity index (χ2n) is 8.83. The van der Waals surface area contributed by atoms with Crippen LogP contribution in [0.5, 0.6) is 6.01 Å². The van der Waals surface area contributed by atoms with E-state index in [-0.39, 0.29) is 0 Å². The van der Waals surface area contributed by atoms with Crippen molar-refractivity contribution in [3.63, 3.8) is 0 Å². The van der Waals surface area contributed by atoms with E-state index in [0.29, 0.717) is 18.5 Å². The number of halogens is 1. The molecule has 5 rings (SSSR count). The number of likely N-dealkylation sites (tertiary alicyclic amines) is 1. The minimum atomic E-state index is 0.396. The summed E-state index contributed by atoms with van der Waals surface area (Å²) >= 11 is 6.59. The quantitative estimate of drug-likeness (QED) is 0.511. The van der Waals surface area contributed by atoms with Crippen LogP contribution in [0.4, 0.5) is 11.5 Å². The first-order valence-corrected chi connectivity index (χ1v) is 11.7. The fourth-order valence-corrected chi connectivity index (χ4v) is 5.14. The number of nitriles is 1. The lowest BCUT2D eigenvalue weighted by Gasteiger charge is -2.36. The van der Waals surface area contributed by atoms with Crippen molar-refractivity contribution < 1.29 is 4.74 Å². The third-order valence-corrected chi connectivity index (χ3v) is 7.03. The van der Waals surface area contributed by atoms with E-state index in [4.69, 9.17) is 31.6 Å². The first-order chi connectivity index (χ1) is 16.1. The molecular weight excluding hydrogens is 436 g/mol.